The van der Waals surface area contributed by atoms with Crippen molar-refractivity contribution < 1.29 is 13.2 Å². The van der Waals surface area contributed by atoms with Crippen molar-refractivity contribution >= 4 is 28.3 Å². The van der Waals surface area contributed by atoms with E-state index in [2.05, 4.69) is 5.32 Å². The highest BCUT2D eigenvalue weighted by atomic mass is 35.5. The molecule has 8 heteroatoms. The second-order valence-corrected chi connectivity index (χ2v) is 8.79. The van der Waals surface area contributed by atoms with E-state index in [-0.39, 0.29) is 24.1 Å². The quantitative estimate of drug-likeness (QED) is 0.724. The van der Waals surface area contributed by atoms with Crippen LogP contribution in [-0.2, 0) is 14.8 Å². The Morgan fingerprint density at radius 3 is 2.42 bits per heavy atom. The molecule has 1 N–H and O–H groups in total. The van der Waals surface area contributed by atoms with Crippen molar-refractivity contribution in [1.29, 1.82) is 0 Å². The maximum absolute atomic E-state index is 12.8. The zero-order chi connectivity index (χ0) is 16.9. The predicted molar refractivity (Wildman–Crippen MR) is 98.9 cm³/mol. The van der Waals surface area contributed by atoms with Gasteiger partial charge in [0.2, 0.25) is 15.9 Å². The van der Waals surface area contributed by atoms with Crippen molar-refractivity contribution in [3.8, 4) is 0 Å². The number of likely N-dealkylation sites (tertiary alicyclic amines) is 1. The lowest BCUT2D eigenvalue weighted by Gasteiger charge is -2.35. The normalized spacial score (nSPS) is 23.2. The van der Waals surface area contributed by atoms with Gasteiger partial charge in [0.15, 0.2) is 0 Å². The molecule has 0 aromatic carbocycles. The SMILES string of the molecule is CCCS(=O)(=O)N1CCCC1C(=O)N1CCC(CCNC)CC1.Cl. The number of nitrogens with one attached hydrogen (secondary N) is 1. The zero-order valence-corrected chi connectivity index (χ0v) is 16.5. The molecule has 2 fully saturated rings. The van der Waals surface area contributed by atoms with Gasteiger partial charge in [0.05, 0.1) is 5.75 Å². The molecule has 0 aromatic rings. The number of hydrogen-bond donors (Lipinski definition) is 1. The van der Waals surface area contributed by atoms with Crippen LogP contribution in [0.3, 0.4) is 0 Å². The molecule has 2 rings (SSSR count). The number of piperidine rings is 1. The van der Waals surface area contributed by atoms with Gasteiger partial charge in [-0.2, -0.15) is 4.31 Å². The van der Waals surface area contributed by atoms with Gasteiger partial charge in [-0.3, -0.25) is 4.79 Å². The summed E-state index contributed by atoms with van der Waals surface area (Å²) in [5, 5.41) is 3.17. The number of nitrogens with zero attached hydrogens (tertiary/aromatic N) is 2. The van der Waals surface area contributed by atoms with E-state index in [1.54, 1.807) is 0 Å². The molecule has 2 aliphatic rings. The van der Waals surface area contributed by atoms with E-state index in [4.69, 9.17) is 0 Å². The Morgan fingerprint density at radius 1 is 1.17 bits per heavy atom. The van der Waals surface area contributed by atoms with Gasteiger partial charge < -0.3 is 10.2 Å². The first kappa shape index (κ1) is 21.7. The van der Waals surface area contributed by atoms with E-state index in [0.717, 1.165) is 45.3 Å². The Bertz CT molecular complexity index is 493. The van der Waals surface area contributed by atoms with Crippen molar-refractivity contribution in [2.45, 2.75) is 51.5 Å². The van der Waals surface area contributed by atoms with E-state index >= 15 is 0 Å². The Morgan fingerprint density at radius 2 is 1.83 bits per heavy atom. The summed E-state index contributed by atoms with van der Waals surface area (Å²) in [6.45, 7) is 4.92. The third kappa shape index (κ3) is 5.31. The number of sulfonamides is 1. The lowest BCUT2D eigenvalue weighted by molar-refractivity contribution is -0.136. The van der Waals surface area contributed by atoms with Gasteiger partial charge in [0.25, 0.3) is 0 Å². The maximum Gasteiger partial charge on any atom is 0.241 e. The highest BCUT2D eigenvalue weighted by Crippen LogP contribution is 2.26. The summed E-state index contributed by atoms with van der Waals surface area (Å²) >= 11 is 0. The van der Waals surface area contributed by atoms with Gasteiger partial charge in [-0.25, -0.2) is 8.42 Å². The van der Waals surface area contributed by atoms with Crippen LogP contribution >= 0.6 is 12.4 Å². The van der Waals surface area contributed by atoms with Gasteiger partial charge in [-0.1, -0.05) is 6.92 Å². The van der Waals surface area contributed by atoms with Crippen LogP contribution in [0.1, 0.15) is 45.4 Å². The molecule has 1 unspecified atom stereocenters. The van der Waals surface area contributed by atoms with E-state index in [0.29, 0.717) is 25.3 Å². The lowest BCUT2D eigenvalue weighted by atomic mass is 9.93. The molecular weight excluding hydrogens is 350 g/mol. The van der Waals surface area contributed by atoms with Crippen molar-refractivity contribution in [3.63, 3.8) is 0 Å². The predicted octanol–water partition coefficient (Wildman–Crippen LogP) is 1.46. The standard InChI is InChI=1S/C16H31N3O3S.ClH/c1-3-13-23(21,22)19-10-4-5-15(19)16(20)18-11-7-14(8-12-18)6-9-17-2;/h14-15,17H,3-13H2,1-2H3;1H. The van der Waals surface area contributed by atoms with Gasteiger partial charge in [0.1, 0.15) is 6.04 Å². The van der Waals surface area contributed by atoms with Crippen LogP contribution < -0.4 is 5.32 Å². The van der Waals surface area contributed by atoms with Crippen molar-refractivity contribution in [2.24, 2.45) is 5.92 Å². The second kappa shape index (κ2) is 9.94. The maximum atomic E-state index is 12.8. The first-order valence-corrected chi connectivity index (χ1v) is 10.5. The topological polar surface area (TPSA) is 69.7 Å². The smallest absolute Gasteiger partial charge is 0.241 e. The van der Waals surface area contributed by atoms with Crippen molar-refractivity contribution in [1.82, 2.24) is 14.5 Å². The summed E-state index contributed by atoms with van der Waals surface area (Å²) in [5.74, 6) is 0.840. The average Bonchev–Trinajstić information content (AvgIpc) is 3.03. The number of carbonyl (C=O) groups is 1. The summed E-state index contributed by atoms with van der Waals surface area (Å²) in [4.78, 5) is 14.7. The van der Waals surface area contributed by atoms with E-state index in [9.17, 15) is 13.2 Å². The van der Waals surface area contributed by atoms with Gasteiger partial charge in [-0.05, 0) is 58.0 Å². The molecule has 2 saturated heterocycles. The molecule has 0 spiro atoms. The molecule has 0 bridgehead atoms. The van der Waals surface area contributed by atoms with Gasteiger partial charge >= 0.3 is 0 Å². The second-order valence-electron chi connectivity index (χ2n) is 6.75. The Balaban J connectivity index is 0.00000288. The third-order valence-electron chi connectivity index (χ3n) is 5.04. The van der Waals surface area contributed by atoms with Gasteiger partial charge in [0, 0.05) is 19.6 Å². The molecule has 0 aliphatic carbocycles. The minimum Gasteiger partial charge on any atom is -0.341 e. The Kier molecular flexibility index (Phi) is 8.98. The summed E-state index contributed by atoms with van der Waals surface area (Å²) in [7, 11) is -1.33. The molecular formula is C16H32ClN3O3S. The van der Waals surface area contributed by atoms with E-state index in [1.807, 2.05) is 18.9 Å². The summed E-state index contributed by atoms with van der Waals surface area (Å²) < 4.78 is 26.2. The molecule has 24 heavy (non-hydrogen) atoms. The fraction of sp³-hybridized carbons (Fsp3) is 0.938. The molecule has 2 aliphatic heterocycles. The highest BCUT2D eigenvalue weighted by molar-refractivity contribution is 7.89. The molecule has 1 atom stereocenters. The van der Waals surface area contributed by atoms with Crippen LogP contribution in [0.25, 0.3) is 0 Å². The first-order valence-electron chi connectivity index (χ1n) is 8.92. The highest BCUT2D eigenvalue weighted by Gasteiger charge is 2.40. The Labute approximate surface area is 152 Å². The van der Waals surface area contributed by atoms with Crippen molar-refractivity contribution in [3.05, 3.63) is 0 Å². The monoisotopic (exact) mass is 381 g/mol. The number of amides is 1. The number of rotatable bonds is 7. The molecule has 1 amide bonds. The largest absolute Gasteiger partial charge is 0.341 e. The average molecular weight is 382 g/mol. The minimum atomic E-state index is -3.29. The zero-order valence-electron chi connectivity index (χ0n) is 14.9. The number of carbonyl (C=O) groups excluding carboxylic acids is 1. The number of halogens is 1. The van der Waals surface area contributed by atoms with Crippen molar-refractivity contribution in [2.75, 3.05) is 39.0 Å². The molecule has 2 heterocycles. The summed E-state index contributed by atoms with van der Waals surface area (Å²) in [5.41, 5.74) is 0. The fourth-order valence-corrected chi connectivity index (χ4v) is 5.44. The van der Waals surface area contributed by atoms with Crippen LogP contribution in [0.5, 0.6) is 0 Å². The van der Waals surface area contributed by atoms with Crippen LogP contribution in [0.15, 0.2) is 0 Å². The van der Waals surface area contributed by atoms with Crippen LogP contribution in [0, 0.1) is 5.92 Å². The fourth-order valence-electron chi connectivity index (χ4n) is 3.70. The van der Waals surface area contributed by atoms with E-state index in [1.165, 1.54) is 4.31 Å². The first-order chi connectivity index (χ1) is 11.0. The lowest BCUT2D eigenvalue weighted by Crippen LogP contribution is -2.50. The molecule has 142 valence electrons. The summed E-state index contributed by atoms with van der Waals surface area (Å²) in [6, 6.07) is -0.458. The van der Waals surface area contributed by atoms with Crippen LogP contribution in [0.2, 0.25) is 0 Å². The van der Waals surface area contributed by atoms with Crippen LogP contribution in [0.4, 0.5) is 0 Å². The van der Waals surface area contributed by atoms with Crippen LogP contribution in [-0.4, -0.2) is 68.6 Å². The number of hydrogen-bond acceptors (Lipinski definition) is 4. The van der Waals surface area contributed by atoms with E-state index < -0.39 is 16.1 Å². The van der Waals surface area contributed by atoms with Gasteiger partial charge in [-0.15, -0.1) is 12.4 Å². The summed E-state index contributed by atoms with van der Waals surface area (Å²) in [6.07, 6.45) is 5.26. The molecule has 0 aromatic heterocycles. The molecule has 0 saturated carbocycles. The molecule has 6 nitrogen and oxygen atoms in total. The third-order valence-corrected chi connectivity index (χ3v) is 7.11. The Hall–Kier alpha value is -0.370. The minimum absolute atomic E-state index is 0. The molecule has 0 radical (unpaired) electrons.